The van der Waals surface area contributed by atoms with E-state index < -0.39 is 5.97 Å². The number of aromatic hydroxyl groups is 1. The lowest BCUT2D eigenvalue weighted by molar-refractivity contribution is 0.0261. The summed E-state index contributed by atoms with van der Waals surface area (Å²) in [6, 6.07) is 2.70. The zero-order valence-electron chi connectivity index (χ0n) is 9.97. The van der Waals surface area contributed by atoms with Crippen molar-refractivity contribution in [3.05, 3.63) is 23.3 Å². The third-order valence-corrected chi connectivity index (χ3v) is 2.85. The third kappa shape index (κ3) is 2.39. The fraction of sp³-hybridized carbons (Fsp3) is 0.417. The molecule has 1 atom stereocenters. The van der Waals surface area contributed by atoms with Gasteiger partial charge in [-0.1, -0.05) is 0 Å². The molecule has 0 saturated carbocycles. The molecule has 6 heteroatoms. The molecule has 0 aromatic heterocycles. The maximum absolute atomic E-state index is 11.0. The molecule has 1 aromatic carbocycles. The second-order valence-electron chi connectivity index (χ2n) is 3.98. The van der Waals surface area contributed by atoms with Crippen LogP contribution in [0.4, 0.5) is 0 Å². The van der Waals surface area contributed by atoms with Crippen LogP contribution in [0.25, 0.3) is 0 Å². The van der Waals surface area contributed by atoms with Crippen LogP contribution in [0, 0.1) is 0 Å². The largest absolute Gasteiger partial charge is 0.507 e. The van der Waals surface area contributed by atoms with Gasteiger partial charge < -0.3 is 25.0 Å². The van der Waals surface area contributed by atoms with E-state index >= 15 is 0 Å². The number of rotatable bonds is 3. The third-order valence-electron chi connectivity index (χ3n) is 2.85. The number of hydrogen-bond donors (Lipinski definition) is 3. The number of carboxylic acid groups (broad SMARTS) is 1. The lowest BCUT2D eigenvalue weighted by Gasteiger charge is -2.25. The Morgan fingerprint density at radius 1 is 1.56 bits per heavy atom. The Morgan fingerprint density at radius 3 is 2.89 bits per heavy atom. The van der Waals surface area contributed by atoms with Crippen LogP contribution >= 0.6 is 0 Å². The Kier molecular flexibility index (Phi) is 3.69. The lowest BCUT2D eigenvalue weighted by atomic mass is 10.0. The number of benzene rings is 1. The van der Waals surface area contributed by atoms with Gasteiger partial charge in [0.1, 0.15) is 17.1 Å². The maximum Gasteiger partial charge on any atom is 0.339 e. The zero-order chi connectivity index (χ0) is 13.1. The van der Waals surface area contributed by atoms with Crippen LogP contribution in [0.5, 0.6) is 11.5 Å². The zero-order valence-corrected chi connectivity index (χ0v) is 9.97. The summed E-state index contributed by atoms with van der Waals surface area (Å²) in [5.74, 6) is -1.07. The summed E-state index contributed by atoms with van der Waals surface area (Å²) in [4.78, 5) is 11.0. The summed E-state index contributed by atoms with van der Waals surface area (Å²) < 4.78 is 10.7. The number of aromatic carboxylic acids is 1. The SMILES string of the molecule is COc1cc(O)c(C(=O)O)cc1C1CNCCO1. The van der Waals surface area contributed by atoms with Crippen molar-refractivity contribution in [3.8, 4) is 11.5 Å². The van der Waals surface area contributed by atoms with E-state index in [1.165, 1.54) is 19.2 Å². The van der Waals surface area contributed by atoms with Crippen molar-refractivity contribution in [2.75, 3.05) is 26.8 Å². The molecule has 1 heterocycles. The maximum atomic E-state index is 11.0. The Morgan fingerprint density at radius 2 is 2.33 bits per heavy atom. The smallest absolute Gasteiger partial charge is 0.339 e. The highest BCUT2D eigenvalue weighted by molar-refractivity contribution is 5.91. The highest BCUT2D eigenvalue weighted by Gasteiger charge is 2.23. The molecule has 1 fully saturated rings. The molecule has 1 aliphatic heterocycles. The Hall–Kier alpha value is -1.79. The van der Waals surface area contributed by atoms with Gasteiger partial charge in [-0.15, -0.1) is 0 Å². The van der Waals surface area contributed by atoms with Gasteiger partial charge in [-0.3, -0.25) is 0 Å². The molecule has 1 unspecified atom stereocenters. The van der Waals surface area contributed by atoms with Crippen LogP contribution in [0.1, 0.15) is 22.0 Å². The van der Waals surface area contributed by atoms with Crippen molar-refractivity contribution >= 4 is 5.97 Å². The summed E-state index contributed by atoms with van der Waals surface area (Å²) in [5, 5.41) is 21.8. The van der Waals surface area contributed by atoms with Crippen molar-refractivity contribution in [2.24, 2.45) is 0 Å². The first-order valence-corrected chi connectivity index (χ1v) is 5.60. The number of carboxylic acids is 1. The monoisotopic (exact) mass is 253 g/mol. The van der Waals surface area contributed by atoms with Gasteiger partial charge in [-0.2, -0.15) is 0 Å². The minimum atomic E-state index is -1.18. The minimum absolute atomic E-state index is 0.153. The molecule has 1 aromatic rings. The van der Waals surface area contributed by atoms with Crippen LogP contribution in [-0.2, 0) is 4.74 Å². The van der Waals surface area contributed by atoms with Gasteiger partial charge in [0.05, 0.1) is 19.8 Å². The molecule has 3 N–H and O–H groups in total. The van der Waals surface area contributed by atoms with Crippen molar-refractivity contribution in [3.63, 3.8) is 0 Å². The van der Waals surface area contributed by atoms with E-state index in [-0.39, 0.29) is 17.4 Å². The molecule has 6 nitrogen and oxygen atoms in total. The van der Waals surface area contributed by atoms with Crippen LogP contribution in [0.2, 0.25) is 0 Å². The average Bonchev–Trinajstić information content (AvgIpc) is 2.39. The second kappa shape index (κ2) is 5.24. The van der Waals surface area contributed by atoms with E-state index in [1.54, 1.807) is 0 Å². The number of methoxy groups -OCH3 is 1. The van der Waals surface area contributed by atoms with Crippen LogP contribution < -0.4 is 10.1 Å². The van der Waals surface area contributed by atoms with Crippen LogP contribution in [0.3, 0.4) is 0 Å². The van der Waals surface area contributed by atoms with Crippen molar-refractivity contribution in [1.29, 1.82) is 0 Å². The van der Waals surface area contributed by atoms with Gasteiger partial charge in [0.2, 0.25) is 0 Å². The number of phenols is 1. The van der Waals surface area contributed by atoms with E-state index in [0.717, 1.165) is 6.54 Å². The minimum Gasteiger partial charge on any atom is -0.507 e. The molecule has 0 bridgehead atoms. The molecule has 98 valence electrons. The van der Waals surface area contributed by atoms with Gasteiger partial charge in [-0.25, -0.2) is 4.79 Å². The molecular formula is C12H15NO5. The van der Waals surface area contributed by atoms with E-state index in [0.29, 0.717) is 24.5 Å². The van der Waals surface area contributed by atoms with Gasteiger partial charge >= 0.3 is 5.97 Å². The summed E-state index contributed by atoms with van der Waals surface area (Å²) >= 11 is 0. The fourth-order valence-corrected chi connectivity index (χ4v) is 1.95. The predicted octanol–water partition coefficient (Wildman–Crippen LogP) is 0.760. The first-order chi connectivity index (χ1) is 8.63. The number of carbonyl (C=O) groups is 1. The summed E-state index contributed by atoms with van der Waals surface area (Å²) in [6.45, 7) is 1.90. The topological polar surface area (TPSA) is 88.0 Å². The predicted molar refractivity (Wildman–Crippen MR) is 63.2 cm³/mol. The first kappa shape index (κ1) is 12.7. The van der Waals surface area contributed by atoms with Crippen molar-refractivity contribution in [1.82, 2.24) is 5.32 Å². The molecule has 0 aliphatic carbocycles. The van der Waals surface area contributed by atoms with Crippen molar-refractivity contribution < 1.29 is 24.5 Å². The standard InChI is InChI=1S/C12H15NO5/c1-17-10-5-9(14)7(12(15)16)4-8(10)11-6-13-2-3-18-11/h4-5,11,13-14H,2-3,6H2,1H3,(H,15,16). The molecule has 1 aliphatic rings. The Labute approximate surface area is 104 Å². The second-order valence-corrected chi connectivity index (χ2v) is 3.98. The molecule has 2 rings (SSSR count). The van der Waals surface area contributed by atoms with Crippen molar-refractivity contribution in [2.45, 2.75) is 6.10 Å². The van der Waals surface area contributed by atoms with E-state index in [2.05, 4.69) is 5.32 Å². The molecule has 0 radical (unpaired) electrons. The Balaban J connectivity index is 2.42. The van der Waals surface area contributed by atoms with E-state index in [1.807, 2.05) is 0 Å². The summed E-state index contributed by atoms with van der Waals surface area (Å²) in [7, 11) is 1.47. The quantitative estimate of drug-likeness (QED) is 0.737. The molecule has 0 amide bonds. The Bertz CT molecular complexity index is 454. The number of ether oxygens (including phenoxy) is 2. The highest BCUT2D eigenvalue weighted by atomic mass is 16.5. The number of morpholine rings is 1. The molecular weight excluding hydrogens is 238 g/mol. The molecule has 1 saturated heterocycles. The number of nitrogens with one attached hydrogen (secondary N) is 1. The van der Waals surface area contributed by atoms with Crippen LogP contribution in [0.15, 0.2) is 12.1 Å². The normalized spacial score (nSPS) is 19.5. The van der Waals surface area contributed by atoms with Gasteiger partial charge in [0, 0.05) is 24.7 Å². The van der Waals surface area contributed by atoms with Gasteiger partial charge in [0.25, 0.3) is 0 Å². The molecule has 0 spiro atoms. The summed E-state index contributed by atoms with van der Waals surface area (Å²) in [5.41, 5.74) is 0.472. The molecule has 18 heavy (non-hydrogen) atoms. The first-order valence-electron chi connectivity index (χ1n) is 5.60. The highest BCUT2D eigenvalue weighted by Crippen LogP contribution is 2.34. The number of hydrogen-bond acceptors (Lipinski definition) is 5. The van der Waals surface area contributed by atoms with E-state index in [9.17, 15) is 9.90 Å². The summed E-state index contributed by atoms with van der Waals surface area (Å²) in [6.07, 6.45) is -0.271. The lowest BCUT2D eigenvalue weighted by Crippen LogP contribution is -2.33. The van der Waals surface area contributed by atoms with Gasteiger partial charge in [-0.05, 0) is 6.07 Å². The average molecular weight is 253 g/mol. The van der Waals surface area contributed by atoms with Crippen LogP contribution in [-0.4, -0.2) is 43.0 Å². The van der Waals surface area contributed by atoms with E-state index in [4.69, 9.17) is 14.6 Å². The fourth-order valence-electron chi connectivity index (χ4n) is 1.95. The van der Waals surface area contributed by atoms with Gasteiger partial charge in [0.15, 0.2) is 0 Å².